The number of fused-ring (bicyclic) bond motifs is 1. The molecule has 1 saturated heterocycles. The summed E-state index contributed by atoms with van der Waals surface area (Å²) in [5.41, 5.74) is 0.787. The molecule has 1 aliphatic rings. The summed E-state index contributed by atoms with van der Waals surface area (Å²) in [7, 11) is 1.90. The van der Waals surface area contributed by atoms with E-state index in [-0.39, 0.29) is 18.1 Å². The zero-order chi connectivity index (χ0) is 18.3. The van der Waals surface area contributed by atoms with Crippen molar-refractivity contribution in [1.29, 1.82) is 0 Å². The molecule has 0 radical (unpaired) electrons. The van der Waals surface area contributed by atoms with Crippen LogP contribution in [0.2, 0.25) is 0 Å². The van der Waals surface area contributed by atoms with Crippen LogP contribution in [0.1, 0.15) is 41.0 Å². The third-order valence-corrected chi connectivity index (χ3v) is 5.83. The van der Waals surface area contributed by atoms with E-state index in [9.17, 15) is 9.90 Å². The van der Waals surface area contributed by atoms with Crippen molar-refractivity contribution in [3.63, 3.8) is 0 Å². The predicted octanol–water partition coefficient (Wildman–Crippen LogP) is 1.06. The van der Waals surface area contributed by atoms with Crippen LogP contribution in [0.5, 0.6) is 0 Å². The van der Waals surface area contributed by atoms with Gasteiger partial charge in [0.2, 0.25) is 0 Å². The molecule has 9 heteroatoms. The molecule has 0 aliphatic carbocycles. The van der Waals surface area contributed by atoms with Gasteiger partial charge in [0, 0.05) is 43.2 Å². The van der Waals surface area contributed by atoms with Gasteiger partial charge in [0.25, 0.3) is 5.56 Å². The van der Waals surface area contributed by atoms with E-state index in [4.69, 9.17) is 0 Å². The Kier molecular flexibility index (Phi) is 4.60. The van der Waals surface area contributed by atoms with Crippen molar-refractivity contribution in [2.24, 2.45) is 7.05 Å². The zero-order valence-corrected chi connectivity index (χ0v) is 15.7. The number of piperidine rings is 1. The lowest BCUT2D eigenvalue weighted by Gasteiger charge is -2.31. The van der Waals surface area contributed by atoms with Crippen molar-refractivity contribution in [3.05, 3.63) is 44.8 Å². The molecule has 3 aromatic rings. The SMILES string of the molecule is Cc1cn2c(=O)cc(CN3CCC[C@@H](c4nnc(CO)n4C)C3)nc2s1. The zero-order valence-electron chi connectivity index (χ0n) is 14.9. The number of nitrogens with zero attached hydrogens (tertiary/aromatic N) is 6. The molecule has 0 saturated carbocycles. The monoisotopic (exact) mass is 374 g/mol. The average molecular weight is 374 g/mol. The molecule has 1 atom stereocenters. The van der Waals surface area contributed by atoms with Crippen molar-refractivity contribution in [3.8, 4) is 0 Å². The van der Waals surface area contributed by atoms with Crippen LogP contribution < -0.4 is 5.56 Å². The summed E-state index contributed by atoms with van der Waals surface area (Å²) in [4.78, 5) is 21.1. The van der Waals surface area contributed by atoms with Crippen LogP contribution in [0.4, 0.5) is 0 Å². The van der Waals surface area contributed by atoms with Gasteiger partial charge >= 0.3 is 0 Å². The number of rotatable bonds is 4. The number of likely N-dealkylation sites (tertiary alicyclic amines) is 1. The fourth-order valence-corrected chi connectivity index (χ4v) is 4.50. The quantitative estimate of drug-likeness (QED) is 0.735. The molecule has 0 unspecified atom stereocenters. The molecular weight excluding hydrogens is 352 g/mol. The fourth-order valence-electron chi connectivity index (χ4n) is 3.65. The normalized spacial score (nSPS) is 18.7. The lowest BCUT2D eigenvalue weighted by molar-refractivity contribution is 0.192. The number of hydrogen-bond acceptors (Lipinski definition) is 7. The Morgan fingerprint density at radius 2 is 2.23 bits per heavy atom. The first-order valence-corrected chi connectivity index (χ1v) is 9.57. The Bertz CT molecular complexity index is 991. The van der Waals surface area contributed by atoms with Gasteiger partial charge in [-0.1, -0.05) is 0 Å². The number of aliphatic hydroxyl groups excluding tert-OH is 1. The number of thiazole rings is 1. The summed E-state index contributed by atoms with van der Waals surface area (Å²) in [6.07, 6.45) is 3.95. The molecule has 8 nitrogen and oxygen atoms in total. The molecule has 1 N–H and O–H groups in total. The van der Waals surface area contributed by atoms with Gasteiger partial charge in [-0.05, 0) is 26.3 Å². The first-order valence-electron chi connectivity index (χ1n) is 8.75. The first-order chi connectivity index (χ1) is 12.5. The number of aryl methyl sites for hydroxylation is 1. The fraction of sp³-hybridized carbons (Fsp3) is 0.529. The summed E-state index contributed by atoms with van der Waals surface area (Å²) < 4.78 is 3.50. The minimum atomic E-state index is -0.103. The van der Waals surface area contributed by atoms with E-state index in [1.807, 2.05) is 24.7 Å². The standard InChI is InChI=1S/C17H22N6O2S/c1-11-7-23-15(25)6-13(18-17(23)26-11)9-22-5-3-4-12(8-22)16-20-19-14(10-24)21(16)2/h6-7,12,24H,3-5,8-10H2,1-2H3/t12-/m1/s1. The van der Waals surface area contributed by atoms with Gasteiger partial charge in [0.1, 0.15) is 12.4 Å². The molecule has 3 aromatic heterocycles. The molecule has 1 fully saturated rings. The molecule has 4 rings (SSSR count). The van der Waals surface area contributed by atoms with Gasteiger partial charge < -0.3 is 9.67 Å². The Morgan fingerprint density at radius 3 is 3.00 bits per heavy atom. The van der Waals surface area contributed by atoms with Gasteiger partial charge in [-0.3, -0.25) is 14.1 Å². The summed E-state index contributed by atoms with van der Waals surface area (Å²) in [5.74, 6) is 1.77. The second-order valence-electron chi connectivity index (χ2n) is 6.85. The van der Waals surface area contributed by atoms with Gasteiger partial charge in [-0.2, -0.15) is 0 Å². The van der Waals surface area contributed by atoms with E-state index in [1.165, 1.54) is 11.3 Å². The van der Waals surface area contributed by atoms with Crippen LogP contribution in [-0.2, 0) is 20.2 Å². The van der Waals surface area contributed by atoms with E-state index < -0.39 is 0 Å². The molecule has 4 heterocycles. The second kappa shape index (κ2) is 6.90. The number of aliphatic hydroxyl groups is 1. The largest absolute Gasteiger partial charge is 0.388 e. The highest BCUT2D eigenvalue weighted by molar-refractivity contribution is 7.16. The molecule has 0 bridgehead atoms. The van der Waals surface area contributed by atoms with Crippen molar-refractivity contribution in [2.45, 2.75) is 38.8 Å². The highest BCUT2D eigenvalue weighted by atomic mass is 32.1. The molecular formula is C17H22N6O2S. The lowest BCUT2D eigenvalue weighted by Crippen LogP contribution is -2.35. The summed E-state index contributed by atoms with van der Waals surface area (Å²) in [6.45, 7) is 4.36. The Morgan fingerprint density at radius 1 is 1.38 bits per heavy atom. The highest BCUT2D eigenvalue weighted by Crippen LogP contribution is 2.26. The molecule has 0 spiro atoms. The maximum atomic E-state index is 12.3. The Labute approximate surface area is 154 Å². The predicted molar refractivity (Wildman–Crippen MR) is 98.3 cm³/mol. The van der Waals surface area contributed by atoms with Crippen molar-refractivity contribution in [1.82, 2.24) is 29.0 Å². The molecule has 26 heavy (non-hydrogen) atoms. The number of aromatic nitrogens is 5. The molecule has 0 amide bonds. The van der Waals surface area contributed by atoms with Gasteiger partial charge in [0.05, 0.1) is 5.69 Å². The summed E-state index contributed by atoms with van der Waals surface area (Å²) in [6, 6.07) is 1.63. The highest BCUT2D eigenvalue weighted by Gasteiger charge is 2.26. The van der Waals surface area contributed by atoms with Gasteiger partial charge in [0.15, 0.2) is 10.8 Å². The Hall–Kier alpha value is -2.10. The summed E-state index contributed by atoms with van der Waals surface area (Å²) >= 11 is 1.54. The van der Waals surface area contributed by atoms with Crippen molar-refractivity contribution < 1.29 is 5.11 Å². The van der Waals surface area contributed by atoms with Gasteiger partial charge in [-0.15, -0.1) is 21.5 Å². The van der Waals surface area contributed by atoms with Crippen molar-refractivity contribution in [2.75, 3.05) is 13.1 Å². The molecule has 0 aromatic carbocycles. The van der Waals surface area contributed by atoms with Crippen LogP contribution in [0.25, 0.3) is 4.96 Å². The average Bonchev–Trinajstić information content (AvgIpc) is 3.17. The van der Waals surface area contributed by atoms with E-state index in [0.717, 1.165) is 47.3 Å². The van der Waals surface area contributed by atoms with E-state index in [1.54, 1.807) is 10.5 Å². The van der Waals surface area contributed by atoms with Crippen LogP contribution >= 0.6 is 11.3 Å². The van der Waals surface area contributed by atoms with E-state index in [2.05, 4.69) is 20.1 Å². The Balaban J connectivity index is 1.53. The summed E-state index contributed by atoms with van der Waals surface area (Å²) in [5, 5.41) is 17.6. The molecule has 1 aliphatic heterocycles. The van der Waals surface area contributed by atoms with Crippen LogP contribution in [0, 0.1) is 6.92 Å². The maximum Gasteiger partial charge on any atom is 0.258 e. The van der Waals surface area contributed by atoms with E-state index in [0.29, 0.717) is 12.4 Å². The topological polar surface area (TPSA) is 88.5 Å². The lowest BCUT2D eigenvalue weighted by atomic mass is 9.97. The molecule has 138 valence electrons. The van der Waals surface area contributed by atoms with Gasteiger partial charge in [-0.25, -0.2) is 4.98 Å². The maximum absolute atomic E-state index is 12.3. The first kappa shape index (κ1) is 17.3. The minimum absolute atomic E-state index is 0.0243. The third kappa shape index (κ3) is 3.17. The van der Waals surface area contributed by atoms with Crippen molar-refractivity contribution >= 4 is 16.3 Å². The van der Waals surface area contributed by atoms with Crippen LogP contribution in [0.3, 0.4) is 0 Å². The van der Waals surface area contributed by atoms with Crippen LogP contribution in [0.15, 0.2) is 17.1 Å². The smallest absolute Gasteiger partial charge is 0.258 e. The van der Waals surface area contributed by atoms with Crippen LogP contribution in [-0.4, -0.2) is 47.2 Å². The van der Waals surface area contributed by atoms with E-state index >= 15 is 0 Å². The number of hydrogen-bond donors (Lipinski definition) is 1. The second-order valence-corrected chi connectivity index (χ2v) is 8.06. The minimum Gasteiger partial charge on any atom is -0.388 e. The third-order valence-electron chi connectivity index (χ3n) is 4.93.